The van der Waals surface area contributed by atoms with E-state index in [0.29, 0.717) is 18.2 Å². The van der Waals surface area contributed by atoms with Crippen LogP contribution in [0.25, 0.3) is 0 Å². The molecule has 0 spiro atoms. The summed E-state index contributed by atoms with van der Waals surface area (Å²) in [5, 5.41) is 0. The minimum Gasteiger partial charge on any atom is -0.407 e. The van der Waals surface area contributed by atoms with E-state index in [1.807, 2.05) is 30.3 Å². The second-order valence-electron chi connectivity index (χ2n) is 4.29. The normalized spacial score (nSPS) is 20.6. The second kappa shape index (κ2) is 4.47. The fourth-order valence-corrected chi connectivity index (χ4v) is 1.64. The number of carbonyl (C=O) groups excluding carboxylic acids is 1. The lowest BCUT2D eigenvalue weighted by atomic mass is 10.0. The predicted octanol–water partition coefficient (Wildman–Crippen LogP) is 2.40. The lowest BCUT2D eigenvalue weighted by Gasteiger charge is -2.22. The van der Waals surface area contributed by atoms with E-state index < -0.39 is 0 Å². The van der Waals surface area contributed by atoms with Crippen LogP contribution in [-0.4, -0.2) is 17.9 Å². The van der Waals surface area contributed by atoms with Crippen molar-refractivity contribution in [3.05, 3.63) is 35.9 Å². The zero-order valence-electron chi connectivity index (χ0n) is 9.51. The summed E-state index contributed by atoms with van der Waals surface area (Å²) in [7, 11) is 0. The van der Waals surface area contributed by atoms with Crippen LogP contribution >= 0.6 is 0 Å². The van der Waals surface area contributed by atoms with Crippen LogP contribution in [0.4, 0.5) is 0 Å². The van der Waals surface area contributed by atoms with Crippen LogP contribution < -0.4 is 0 Å². The second-order valence-corrected chi connectivity index (χ2v) is 4.29. The third-order valence-corrected chi connectivity index (χ3v) is 2.66. The van der Waals surface area contributed by atoms with Crippen molar-refractivity contribution in [1.29, 1.82) is 0 Å². The van der Waals surface area contributed by atoms with E-state index in [4.69, 9.17) is 4.74 Å². The molecule has 0 amide bonds. The molecule has 1 atom stereocenters. The number of cyclic esters (lactones) is 1. The van der Waals surface area contributed by atoms with Gasteiger partial charge in [0, 0.05) is 5.56 Å². The third kappa shape index (κ3) is 2.30. The van der Waals surface area contributed by atoms with Gasteiger partial charge in [0.15, 0.2) is 0 Å². The van der Waals surface area contributed by atoms with Gasteiger partial charge in [0.25, 0.3) is 0 Å². The standard InChI is InChI=1S/C13H15NO2/c1-9(2)11-8-12(15)16-13(14-11)10-6-4-3-5-7-10/h3-7,9,11H,8H2,1-2H3/t11-/m0/s1. The number of benzene rings is 1. The maximum absolute atomic E-state index is 11.5. The van der Waals surface area contributed by atoms with Crippen molar-refractivity contribution in [3.63, 3.8) is 0 Å². The first kappa shape index (κ1) is 10.9. The van der Waals surface area contributed by atoms with Crippen LogP contribution in [0.1, 0.15) is 25.8 Å². The highest BCUT2D eigenvalue weighted by molar-refractivity contribution is 6.02. The highest BCUT2D eigenvalue weighted by Gasteiger charge is 2.25. The van der Waals surface area contributed by atoms with E-state index >= 15 is 0 Å². The van der Waals surface area contributed by atoms with Gasteiger partial charge in [-0.3, -0.25) is 4.79 Å². The summed E-state index contributed by atoms with van der Waals surface area (Å²) < 4.78 is 5.16. The summed E-state index contributed by atoms with van der Waals surface area (Å²) in [5.41, 5.74) is 0.862. The Balaban J connectivity index is 2.30. The van der Waals surface area contributed by atoms with Crippen LogP contribution in [0, 0.1) is 5.92 Å². The molecule has 2 rings (SSSR count). The topological polar surface area (TPSA) is 38.7 Å². The molecule has 0 bridgehead atoms. The number of nitrogens with zero attached hydrogens (tertiary/aromatic N) is 1. The Labute approximate surface area is 95.2 Å². The molecular formula is C13H15NO2. The van der Waals surface area contributed by atoms with E-state index in [1.165, 1.54) is 0 Å². The van der Waals surface area contributed by atoms with Gasteiger partial charge in [-0.05, 0) is 18.1 Å². The van der Waals surface area contributed by atoms with Gasteiger partial charge in [0.2, 0.25) is 5.90 Å². The molecular weight excluding hydrogens is 202 g/mol. The van der Waals surface area contributed by atoms with Gasteiger partial charge in [-0.1, -0.05) is 32.0 Å². The molecule has 0 aromatic heterocycles. The highest BCUT2D eigenvalue weighted by Crippen LogP contribution is 2.19. The lowest BCUT2D eigenvalue weighted by Crippen LogP contribution is -2.29. The molecule has 1 aliphatic rings. The molecule has 0 saturated heterocycles. The van der Waals surface area contributed by atoms with Crippen molar-refractivity contribution in [2.45, 2.75) is 26.3 Å². The van der Waals surface area contributed by atoms with Crippen molar-refractivity contribution in [1.82, 2.24) is 0 Å². The number of ether oxygens (including phenoxy) is 1. The highest BCUT2D eigenvalue weighted by atomic mass is 16.5. The SMILES string of the molecule is CC(C)[C@@H]1CC(=O)OC(c2ccccc2)=N1. The molecule has 0 saturated carbocycles. The van der Waals surface area contributed by atoms with Crippen LogP contribution in [0.3, 0.4) is 0 Å². The Bertz CT molecular complexity index is 409. The van der Waals surface area contributed by atoms with Gasteiger partial charge < -0.3 is 4.74 Å². The Hall–Kier alpha value is -1.64. The monoisotopic (exact) mass is 217 g/mol. The average Bonchev–Trinajstić information content (AvgIpc) is 2.29. The molecule has 1 aromatic rings. The van der Waals surface area contributed by atoms with Gasteiger partial charge in [-0.25, -0.2) is 4.99 Å². The molecule has 1 aliphatic heterocycles. The number of carbonyl (C=O) groups is 1. The molecule has 0 unspecified atom stereocenters. The summed E-state index contributed by atoms with van der Waals surface area (Å²) >= 11 is 0. The number of esters is 1. The third-order valence-electron chi connectivity index (χ3n) is 2.66. The van der Waals surface area contributed by atoms with Crippen molar-refractivity contribution in [2.75, 3.05) is 0 Å². The van der Waals surface area contributed by atoms with Crippen molar-refractivity contribution >= 4 is 11.9 Å². The average molecular weight is 217 g/mol. The molecule has 3 heteroatoms. The van der Waals surface area contributed by atoms with Crippen molar-refractivity contribution < 1.29 is 9.53 Å². The minimum atomic E-state index is -0.187. The van der Waals surface area contributed by atoms with E-state index in [0.717, 1.165) is 5.56 Å². The number of aliphatic imine (C=N–C) groups is 1. The van der Waals surface area contributed by atoms with Gasteiger partial charge in [-0.2, -0.15) is 0 Å². The summed E-state index contributed by atoms with van der Waals surface area (Å²) in [4.78, 5) is 15.9. The molecule has 3 nitrogen and oxygen atoms in total. The smallest absolute Gasteiger partial charge is 0.314 e. The Kier molecular flexibility index (Phi) is 3.04. The molecule has 1 aromatic carbocycles. The first-order chi connectivity index (χ1) is 7.66. The molecule has 84 valence electrons. The van der Waals surface area contributed by atoms with Crippen molar-refractivity contribution in [2.24, 2.45) is 10.9 Å². The van der Waals surface area contributed by atoms with E-state index in [-0.39, 0.29) is 12.0 Å². The van der Waals surface area contributed by atoms with Crippen LogP contribution in [0.5, 0.6) is 0 Å². The van der Waals surface area contributed by atoms with E-state index in [9.17, 15) is 4.79 Å². The van der Waals surface area contributed by atoms with E-state index in [2.05, 4.69) is 18.8 Å². The summed E-state index contributed by atoms with van der Waals surface area (Å²) in [5.74, 6) is 0.620. The van der Waals surface area contributed by atoms with Gasteiger partial charge in [0.1, 0.15) is 0 Å². The molecule has 0 N–H and O–H groups in total. The first-order valence-corrected chi connectivity index (χ1v) is 5.50. The fourth-order valence-electron chi connectivity index (χ4n) is 1.64. The van der Waals surface area contributed by atoms with Crippen molar-refractivity contribution in [3.8, 4) is 0 Å². The van der Waals surface area contributed by atoms with Gasteiger partial charge in [-0.15, -0.1) is 0 Å². The molecule has 0 fully saturated rings. The number of rotatable bonds is 2. The summed E-state index contributed by atoms with van der Waals surface area (Å²) in [6.45, 7) is 4.13. The zero-order valence-corrected chi connectivity index (χ0v) is 9.51. The quantitative estimate of drug-likeness (QED) is 0.713. The summed E-state index contributed by atoms with van der Waals surface area (Å²) in [6, 6.07) is 9.57. The molecule has 0 aliphatic carbocycles. The maximum atomic E-state index is 11.5. The van der Waals surface area contributed by atoms with E-state index in [1.54, 1.807) is 0 Å². The number of hydrogen-bond acceptors (Lipinski definition) is 3. The minimum absolute atomic E-state index is 0.0384. The zero-order chi connectivity index (χ0) is 11.5. The lowest BCUT2D eigenvalue weighted by molar-refractivity contribution is -0.137. The largest absolute Gasteiger partial charge is 0.407 e. The molecule has 16 heavy (non-hydrogen) atoms. The molecule has 1 heterocycles. The Morgan fingerprint density at radius 3 is 2.62 bits per heavy atom. The van der Waals surface area contributed by atoms with Crippen LogP contribution in [0.2, 0.25) is 0 Å². The predicted molar refractivity (Wildman–Crippen MR) is 62.3 cm³/mol. The Morgan fingerprint density at radius 2 is 2.00 bits per heavy atom. The van der Waals surface area contributed by atoms with Crippen LogP contribution in [0.15, 0.2) is 35.3 Å². The van der Waals surface area contributed by atoms with Gasteiger partial charge in [0.05, 0.1) is 12.5 Å². The maximum Gasteiger partial charge on any atom is 0.314 e. The first-order valence-electron chi connectivity index (χ1n) is 5.50. The fraction of sp³-hybridized carbons (Fsp3) is 0.385. The summed E-state index contributed by atoms with van der Waals surface area (Å²) in [6.07, 6.45) is 0.383. The Morgan fingerprint density at radius 1 is 1.31 bits per heavy atom. The van der Waals surface area contributed by atoms with Crippen LogP contribution in [-0.2, 0) is 9.53 Å². The molecule has 0 radical (unpaired) electrons. The number of hydrogen-bond donors (Lipinski definition) is 0. The van der Waals surface area contributed by atoms with Gasteiger partial charge >= 0.3 is 5.97 Å².